The summed E-state index contributed by atoms with van der Waals surface area (Å²) < 4.78 is 4.90. The Labute approximate surface area is 110 Å². The van der Waals surface area contributed by atoms with Crippen molar-refractivity contribution in [1.82, 2.24) is 0 Å². The van der Waals surface area contributed by atoms with E-state index < -0.39 is 11.9 Å². The number of rotatable bonds is 4. The lowest BCUT2D eigenvalue weighted by molar-refractivity contribution is -0.142. The maximum Gasteiger partial charge on any atom is 0.349 e. The molecule has 5 heteroatoms. The Morgan fingerprint density at radius 1 is 1.37 bits per heavy atom. The fourth-order valence-corrected chi connectivity index (χ4v) is 1.39. The summed E-state index contributed by atoms with van der Waals surface area (Å²) in [4.78, 5) is 22.6. The second-order valence-electron chi connectivity index (χ2n) is 4.02. The van der Waals surface area contributed by atoms with Crippen LogP contribution in [0.25, 0.3) is 6.08 Å². The quantitative estimate of drug-likeness (QED) is 0.509. The van der Waals surface area contributed by atoms with E-state index in [2.05, 4.69) is 0 Å². The normalized spacial score (nSPS) is 10.9. The van der Waals surface area contributed by atoms with Gasteiger partial charge in [0.2, 0.25) is 0 Å². The zero-order valence-electron chi connectivity index (χ0n) is 10.6. The molecule has 0 saturated carbocycles. The maximum absolute atomic E-state index is 11.6. The topological polar surface area (TPSA) is 87.4 Å². The number of hydrogen-bond donors (Lipinski definition) is 1. The number of aromatic carboxylic acids is 1. The van der Waals surface area contributed by atoms with Gasteiger partial charge in [-0.25, -0.2) is 9.59 Å². The number of carbonyl (C=O) groups is 2. The van der Waals surface area contributed by atoms with Gasteiger partial charge >= 0.3 is 11.9 Å². The van der Waals surface area contributed by atoms with E-state index in [9.17, 15) is 9.59 Å². The molecule has 0 bridgehead atoms. The Morgan fingerprint density at radius 3 is 2.53 bits per heavy atom. The monoisotopic (exact) mass is 259 g/mol. The molecule has 0 unspecified atom stereocenters. The van der Waals surface area contributed by atoms with E-state index in [1.807, 2.05) is 0 Å². The van der Waals surface area contributed by atoms with E-state index in [1.165, 1.54) is 18.2 Å². The van der Waals surface area contributed by atoms with Crippen LogP contribution in [0.3, 0.4) is 0 Å². The number of ether oxygens (including phenoxy) is 1. The predicted octanol–water partition coefficient (Wildman–Crippen LogP) is 2.24. The van der Waals surface area contributed by atoms with Gasteiger partial charge in [-0.3, -0.25) is 0 Å². The van der Waals surface area contributed by atoms with Crippen LogP contribution < -0.4 is 0 Å². The Bertz CT molecular complexity index is 567. The van der Waals surface area contributed by atoms with E-state index in [4.69, 9.17) is 15.1 Å². The molecule has 0 spiro atoms. The van der Waals surface area contributed by atoms with Gasteiger partial charge in [0.25, 0.3) is 0 Å². The lowest BCUT2D eigenvalue weighted by Crippen LogP contribution is -2.13. The van der Waals surface area contributed by atoms with E-state index in [-0.39, 0.29) is 22.8 Å². The largest absolute Gasteiger partial charge is 0.478 e. The Balaban J connectivity index is 3.16. The number of carbonyl (C=O) groups excluding carboxylic acids is 1. The van der Waals surface area contributed by atoms with Crippen LogP contribution in [0.1, 0.15) is 29.8 Å². The van der Waals surface area contributed by atoms with Crippen molar-refractivity contribution in [3.05, 3.63) is 41.0 Å². The van der Waals surface area contributed by atoms with Crippen molar-refractivity contribution in [2.75, 3.05) is 0 Å². The molecular formula is C14H13NO4. The molecule has 0 radical (unpaired) electrons. The highest BCUT2D eigenvalue weighted by molar-refractivity contribution is 6.00. The average Bonchev–Trinajstić information content (AvgIpc) is 2.35. The molecule has 0 aliphatic carbocycles. The number of carboxylic acid groups (broad SMARTS) is 1. The fraction of sp³-hybridized carbons (Fsp3) is 0.214. The van der Waals surface area contributed by atoms with Crippen LogP contribution in [0, 0.1) is 11.3 Å². The molecule has 1 rings (SSSR count). The average molecular weight is 259 g/mol. The molecule has 1 N–H and O–H groups in total. The van der Waals surface area contributed by atoms with Crippen LogP contribution in [0.5, 0.6) is 0 Å². The summed E-state index contributed by atoms with van der Waals surface area (Å²) in [5.41, 5.74) is 0.0715. The van der Waals surface area contributed by atoms with Crippen LogP contribution >= 0.6 is 0 Å². The third kappa shape index (κ3) is 3.96. The molecule has 0 aliphatic rings. The molecule has 1 aromatic carbocycles. The van der Waals surface area contributed by atoms with Gasteiger partial charge in [-0.15, -0.1) is 0 Å². The molecule has 98 valence electrons. The molecule has 0 aliphatic heterocycles. The minimum Gasteiger partial charge on any atom is -0.478 e. The van der Waals surface area contributed by atoms with Crippen molar-refractivity contribution in [2.24, 2.45) is 0 Å². The summed E-state index contributed by atoms with van der Waals surface area (Å²) in [5.74, 6) is -1.89. The number of nitriles is 1. The van der Waals surface area contributed by atoms with Gasteiger partial charge in [-0.05, 0) is 31.6 Å². The fourth-order valence-electron chi connectivity index (χ4n) is 1.39. The van der Waals surface area contributed by atoms with Gasteiger partial charge in [-0.1, -0.05) is 18.2 Å². The van der Waals surface area contributed by atoms with E-state index >= 15 is 0 Å². The first-order chi connectivity index (χ1) is 8.95. The number of nitrogens with zero attached hydrogens (tertiary/aromatic N) is 1. The van der Waals surface area contributed by atoms with Crippen molar-refractivity contribution < 1.29 is 19.4 Å². The van der Waals surface area contributed by atoms with Gasteiger partial charge in [-0.2, -0.15) is 5.26 Å². The smallest absolute Gasteiger partial charge is 0.349 e. The van der Waals surface area contributed by atoms with E-state index in [0.717, 1.165) is 0 Å². The Morgan fingerprint density at radius 2 is 2.00 bits per heavy atom. The van der Waals surface area contributed by atoms with E-state index in [1.54, 1.807) is 32.0 Å². The number of hydrogen-bond acceptors (Lipinski definition) is 4. The van der Waals surface area contributed by atoms with Gasteiger partial charge in [0.15, 0.2) is 0 Å². The summed E-state index contributed by atoms with van der Waals surface area (Å²) in [6, 6.07) is 7.83. The molecule has 0 heterocycles. The highest BCUT2D eigenvalue weighted by Crippen LogP contribution is 2.14. The third-order valence-corrected chi connectivity index (χ3v) is 2.17. The highest BCUT2D eigenvalue weighted by atomic mass is 16.5. The minimum absolute atomic E-state index is 0.0209. The SMILES string of the molecule is CC(C)OC(=O)/C(C#N)=C/c1ccccc1C(=O)O. The second-order valence-corrected chi connectivity index (χ2v) is 4.02. The molecule has 1 aromatic rings. The second kappa shape index (κ2) is 6.36. The minimum atomic E-state index is -1.12. The molecule has 0 fully saturated rings. The summed E-state index contributed by atoms with van der Waals surface area (Å²) in [5, 5.41) is 17.9. The zero-order valence-corrected chi connectivity index (χ0v) is 10.6. The molecular weight excluding hydrogens is 246 g/mol. The lowest BCUT2D eigenvalue weighted by atomic mass is 10.1. The van der Waals surface area contributed by atoms with Gasteiger partial charge < -0.3 is 9.84 Å². The molecule has 0 amide bonds. The third-order valence-electron chi connectivity index (χ3n) is 2.17. The summed E-state index contributed by atoms with van der Waals surface area (Å²) in [6.45, 7) is 3.33. The van der Waals surface area contributed by atoms with Crippen LogP contribution in [-0.2, 0) is 9.53 Å². The molecule has 5 nitrogen and oxygen atoms in total. The van der Waals surface area contributed by atoms with Crippen molar-refractivity contribution in [1.29, 1.82) is 5.26 Å². The zero-order chi connectivity index (χ0) is 14.4. The summed E-state index contributed by atoms with van der Waals surface area (Å²) in [7, 11) is 0. The summed E-state index contributed by atoms with van der Waals surface area (Å²) in [6.07, 6.45) is 0.868. The Kier molecular flexibility index (Phi) is 4.84. The maximum atomic E-state index is 11.6. The molecule has 0 aromatic heterocycles. The van der Waals surface area contributed by atoms with Crippen LogP contribution in [-0.4, -0.2) is 23.1 Å². The predicted molar refractivity (Wildman–Crippen MR) is 68.2 cm³/mol. The van der Waals surface area contributed by atoms with Gasteiger partial charge in [0.05, 0.1) is 11.7 Å². The van der Waals surface area contributed by atoms with Crippen LogP contribution in [0.4, 0.5) is 0 Å². The van der Waals surface area contributed by atoms with Crippen LogP contribution in [0.15, 0.2) is 29.8 Å². The standard InChI is InChI=1S/C14H13NO4/c1-9(2)19-14(18)11(8-15)7-10-5-3-4-6-12(10)13(16)17/h3-7,9H,1-2H3,(H,16,17)/b11-7+. The molecule has 0 saturated heterocycles. The van der Waals surface area contributed by atoms with E-state index in [0.29, 0.717) is 0 Å². The van der Waals surface area contributed by atoms with Gasteiger partial charge in [0, 0.05) is 0 Å². The highest BCUT2D eigenvalue weighted by Gasteiger charge is 2.14. The molecule has 0 atom stereocenters. The lowest BCUT2D eigenvalue weighted by Gasteiger charge is -2.07. The Hall–Kier alpha value is -2.61. The number of benzene rings is 1. The van der Waals surface area contributed by atoms with Crippen molar-refractivity contribution in [3.63, 3.8) is 0 Å². The molecule has 19 heavy (non-hydrogen) atoms. The first-order valence-electron chi connectivity index (χ1n) is 5.60. The number of carboxylic acids is 1. The van der Waals surface area contributed by atoms with Crippen molar-refractivity contribution >= 4 is 18.0 Å². The van der Waals surface area contributed by atoms with Crippen molar-refractivity contribution in [3.8, 4) is 6.07 Å². The summed E-state index contributed by atoms with van der Waals surface area (Å²) >= 11 is 0. The first-order valence-corrected chi connectivity index (χ1v) is 5.60. The van der Waals surface area contributed by atoms with Crippen LogP contribution in [0.2, 0.25) is 0 Å². The first kappa shape index (κ1) is 14.5. The van der Waals surface area contributed by atoms with Crippen molar-refractivity contribution in [2.45, 2.75) is 20.0 Å². The number of esters is 1. The van der Waals surface area contributed by atoms with Gasteiger partial charge in [0.1, 0.15) is 11.6 Å².